The molecule has 1 aromatic carbocycles. The summed E-state index contributed by atoms with van der Waals surface area (Å²) in [5.74, 6) is 2.65. The standard InChI is InChI=1S/C16H21S.C10H19.2CH3.Sn/c1-6-7-8-9-10-17-16-14(4)12(2)11-13(3)15(16)5;1-8(2)10-6-4-9(3)5-7-10;;;/h6-8,10-11H,1,9H2,2-5H3;6,8-10H,4-5,7H2,1-3H3;2*1H3;/b8-7+;;;;/t;9-,10-;;;/m.0.../s1. The molecule has 0 aromatic heterocycles. The first-order valence-electron chi connectivity index (χ1n) is 12.0. The zero-order valence-electron chi connectivity index (χ0n) is 21.1. The van der Waals surface area contributed by atoms with Crippen molar-refractivity contribution >= 4 is 30.1 Å². The van der Waals surface area contributed by atoms with Gasteiger partial charge < -0.3 is 0 Å². The van der Waals surface area contributed by atoms with Crippen molar-refractivity contribution in [1.29, 1.82) is 0 Å². The van der Waals surface area contributed by atoms with Crippen LogP contribution in [0.3, 0.4) is 0 Å². The van der Waals surface area contributed by atoms with E-state index < -0.39 is 18.4 Å². The third kappa shape index (κ3) is 6.00. The van der Waals surface area contributed by atoms with E-state index in [1.807, 2.05) is 6.08 Å². The molecule has 4 atom stereocenters. The van der Waals surface area contributed by atoms with Gasteiger partial charge in [-0.1, -0.05) is 0 Å². The van der Waals surface area contributed by atoms with Gasteiger partial charge in [0.2, 0.25) is 0 Å². The summed E-state index contributed by atoms with van der Waals surface area (Å²) in [6.07, 6.45) is 12.1. The number of hydrogen-bond acceptors (Lipinski definition) is 1. The summed E-state index contributed by atoms with van der Waals surface area (Å²) < 4.78 is 1.76. The van der Waals surface area contributed by atoms with Gasteiger partial charge in [-0.3, -0.25) is 0 Å². The van der Waals surface area contributed by atoms with Gasteiger partial charge in [0, 0.05) is 0 Å². The molecule has 0 nitrogen and oxygen atoms in total. The van der Waals surface area contributed by atoms with Crippen molar-refractivity contribution in [2.24, 2.45) is 17.8 Å². The molecule has 1 aliphatic carbocycles. The van der Waals surface area contributed by atoms with Crippen molar-refractivity contribution < 1.29 is 0 Å². The molecule has 0 spiro atoms. The van der Waals surface area contributed by atoms with Gasteiger partial charge in [0.15, 0.2) is 0 Å². The minimum absolute atomic E-state index is 0.769. The van der Waals surface area contributed by atoms with Gasteiger partial charge >= 0.3 is 197 Å². The topological polar surface area (TPSA) is 0 Å². The molecule has 0 bridgehead atoms. The summed E-state index contributed by atoms with van der Waals surface area (Å²) in [5.41, 5.74) is 5.89. The molecule has 2 rings (SSSR count). The molecule has 1 fully saturated rings. The van der Waals surface area contributed by atoms with Gasteiger partial charge in [-0.25, -0.2) is 0 Å². The normalized spacial score (nSPS) is 23.9. The van der Waals surface area contributed by atoms with Crippen molar-refractivity contribution in [1.82, 2.24) is 0 Å². The van der Waals surface area contributed by atoms with E-state index in [0.29, 0.717) is 0 Å². The van der Waals surface area contributed by atoms with E-state index in [9.17, 15) is 0 Å². The zero-order chi connectivity index (χ0) is 22.6. The molecule has 2 heteroatoms. The van der Waals surface area contributed by atoms with E-state index >= 15 is 0 Å². The Morgan fingerprint density at radius 1 is 1.10 bits per heavy atom. The summed E-state index contributed by atoms with van der Waals surface area (Å²) in [6, 6.07) is 2.37. The van der Waals surface area contributed by atoms with E-state index in [4.69, 9.17) is 0 Å². The van der Waals surface area contributed by atoms with Crippen LogP contribution in [0, 0.1) is 45.4 Å². The Morgan fingerprint density at radius 2 is 1.70 bits per heavy atom. The second-order valence-corrected chi connectivity index (χ2v) is 27.8. The molecular formula is C28H46SSn. The maximum atomic E-state index is 3.91. The fourth-order valence-corrected chi connectivity index (χ4v) is 22.9. The van der Waals surface area contributed by atoms with Crippen LogP contribution in [0.4, 0.5) is 0 Å². The van der Waals surface area contributed by atoms with Crippen molar-refractivity contribution in [2.45, 2.75) is 96.1 Å². The molecule has 0 radical (unpaired) electrons. The Balaban J connectivity index is 2.47. The first kappa shape index (κ1) is 26.1. The van der Waals surface area contributed by atoms with E-state index in [2.05, 4.69) is 94.9 Å². The Hall–Kier alpha value is -0.151. The predicted molar refractivity (Wildman–Crippen MR) is 142 cm³/mol. The van der Waals surface area contributed by atoms with Crippen molar-refractivity contribution in [2.75, 3.05) is 0 Å². The van der Waals surface area contributed by atoms with E-state index in [1.165, 1.54) is 47.9 Å². The fraction of sp³-hybridized carbons (Fsp3) is 0.643. The molecule has 30 heavy (non-hydrogen) atoms. The van der Waals surface area contributed by atoms with Crippen LogP contribution in [-0.4, -0.2) is 21.6 Å². The number of hydrogen-bond donors (Lipinski definition) is 0. The second-order valence-electron chi connectivity index (χ2n) is 10.8. The Bertz CT molecular complexity index is 732. The van der Waals surface area contributed by atoms with Gasteiger partial charge in [-0.15, -0.1) is 0 Å². The molecule has 0 N–H and O–H groups in total. The monoisotopic (exact) mass is 534 g/mol. The number of allylic oxidation sites excluding steroid dienone is 3. The minimum atomic E-state index is -2.46. The van der Waals surface area contributed by atoms with Crippen LogP contribution in [-0.2, 0) is 0 Å². The molecule has 0 saturated heterocycles. The fourth-order valence-electron chi connectivity index (χ4n) is 5.60. The summed E-state index contributed by atoms with van der Waals surface area (Å²) >= 11 is -0.218. The van der Waals surface area contributed by atoms with Crippen molar-refractivity contribution in [3.05, 3.63) is 53.1 Å². The number of thioether (sulfide) groups is 1. The zero-order valence-corrected chi connectivity index (χ0v) is 24.8. The maximum absolute atomic E-state index is 3.91. The summed E-state index contributed by atoms with van der Waals surface area (Å²) in [4.78, 5) is 7.12. The van der Waals surface area contributed by atoms with Gasteiger partial charge in [0.25, 0.3) is 0 Å². The number of aryl methyl sites for hydroxylation is 2. The molecule has 0 amide bonds. The first-order valence-corrected chi connectivity index (χ1v) is 21.9. The van der Waals surface area contributed by atoms with E-state index in [0.717, 1.165) is 25.0 Å². The van der Waals surface area contributed by atoms with Crippen LogP contribution in [0.5, 0.6) is 0 Å². The van der Waals surface area contributed by atoms with E-state index in [1.54, 1.807) is 4.90 Å². The number of rotatable bonds is 8. The Morgan fingerprint density at radius 3 is 2.23 bits per heavy atom. The summed E-state index contributed by atoms with van der Waals surface area (Å²) in [5, 5.41) is 0. The van der Waals surface area contributed by atoms with Gasteiger partial charge in [-0.05, 0) is 0 Å². The number of benzene rings is 1. The quantitative estimate of drug-likeness (QED) is 0.182. The van der Waals surface area contributed by atoms with Crippen molar-refractivity contribution in [3.63, 3.8) is 0 Å². The molecule has 1 aromatic rings. The molecular weight excluding hydrogens is 487 g/mol. The van der Waals surface area contributed by atoms with Crippen LogP contribution in [0.1, 0.15) is 68.7 Å². The molecule has 1 aliphatic rings. The van der Waals surface area contributed by atoms with Gasteiger partial charge in [0.05, 0.1) is 0 Å². The molecule has 0 unspecified atom stereocenters. The van der Waals surface area contributed by atoms with Crippen molar-refractivity contribution in [3.8, 4) is 0 Å². The average molecular weight is 533 g/mol. The Kier molecular flexibility index (Phi) is 9.68. The summed E-state index contributed by atoms with van der Waals surface area (Å²) in [7, 11) is 0. The van der Waals surface area contributed by atoms with Crippen LogP contribution in [0.2, 0.25) is 13.8 Å². The predicted octanol–water partition coefficient (Wildman–Crippen LogP) is 9.22. The van der Waals surface area contributed by atoms with Crippen LogP contribution in [0.15, 0.2) is 35.8 Å². The van der Waals surface area contributed by atoms with E-state index in [-0.39, 0.29) is 0 Å². The first-order chi connectivity index (χ1) is 14.0. The Labute approximate surface area is 196 Å². The molecule has 1 saturated carbocycles. The third-order valence-electron chi connectivity index (χ3n) is 7.99. The second kappa shape index (κ2) is 11.1. The molecule has 0 aliphatic heterocycles. The van der Waals surface area contributed by atoms with Crippen LogP contribution < -0.4 is 0 Å². The molecule has 168 valence electrons. The SMILES string of the molecule is C=C/C=C/C[C@H](Sc1c(C)c(C)cc(C)c1C)[Sn]([CH3])([CH3])[C@@H]1C[C@H](C)CC[C@H]1C(C)C. The average Bonchev–Trinajstić information content (AvgIpc) is 2.68. The van der Waals surface area contributed by atoms with Gasteiger partial charge in [0.1, 0.15) is 0 Å². The third-order valence-corrected chi connectivity index (χ3v) is 27.2. The molecule has 0 heterocycles. The summed E-state index contributed by atoms with van der Waals surface area (Å²) in [6.45, 7) is 20.6. The van der Waals surface area contributed by atoms with Gasteiger partial charge in [-0.2, -0.15) is 0 Å². The van der Waals surface area contributed by atoms with Crippen LogP contribution >= 0.6 is 11.8 Å². The van der Waals surface area contributed by atoms with Crippen LogP contribution in [0.25, 0.3) is 0 Å².